The van der Waals surface area contributed by atoms with E-state index in [1.165, 1.54) is 32.1 Å². The zero-order chi connectivity index (χ0) is 15.3. The normalized spacial score (nSPS) is 51.6. The molecule has 20 heavy (non-hydrogen) atoms. The van der Waals surface area contributed by atoms with Crippen molar-refractivity contribution in [2.75, 3.05) is 0 Å². The Morgan fingerprint density at radius 2 is 1.55 bits per heavy atom. The van der Waals surface area contributed by atoms with Gasteiger partial charge in [0.25, 0.3) is 0 Å². The Morgan fingerprint density at radius 1 is 0.950 bits per heavy atom. The zero-order valence-electron chi connectivity index (χ0n) is 15.3. The van der Waals surface area contributed by atoms with Gasteiger partial charge in [-0.25, -0.2) is 0 Å². The molecule has 6 atom stereocenters. The summed E-state index contributed by atoms with van der Waals surface area (Å²) in [7, 11) is 0. The second-order valence-electron chi connectivity index (χ2n) is 9.74. The first-order valence-corrected chi connectivity index (χ1v) is 9.08. The quantitative estimate of drug-likeness (QED) is 0.537. The molecule has 2 saturated carbocycles. The lowest BCUT2D eigenvalue weighted by atomic mass is 9.42. The van der Waals surface area contributed by atoms with E-state index >= 15 is 0 Å². The molecule has 2 fully saturated rings. The van der Waals surface area contributed by atoms with Crippen LogP contribution in [0.3, 0.4) is 0 Å². The van der Waals surface area contributed by atoms with Crippen molar-refractivity contribution in [3.05, 3.63) is 0 Å². The fourth-order valence-electron chi connectivity index (χ4n) is 7.42. The first-order chi connectivity index (χ1) is 9.08. The lowest BCUT2D eigenvalue weighted by molar-refractivity contribution is -0.139. The molecule has 2 rings (SSSR count). The first kappa shape index (κ1) is 16.4. The van der Waals surface area contributed by atoms with Crippen LogP contribution < -0.4 is 0 Å². The molecule has 0 saturated heterocycles. The molecular weight excluding hydrogens is 240 g/mol. The van der Waals surface area contributed by atoms with Crippen LogP contribution in [0.4, 0.5) is 0 Å². The molecule has 0 aliphatic heterocycles. The van der Waals surface area contributed by atoms with E-state index in [0.717, 1.165) is 23.7 Å². The summed E-state index contributed by atoms with van der Waals surface area (Å²) in [4.78, 5) is 0. The highest BCUT2D eigenvalue weighted by molar-refractivity contribution is 5.06. The van der Waals surface area contributed by atoms with E-state index in [-0.39, 0.29) is 0 Å². The molecule has 6 unspecified atom stereocenters. The van der Waals surface area contributed by atoms with Crippen molar-refractivity contribution < 1.29 is 0 Å². The predicted octanol–water partition coefficient (Wildman–Crippen LogP) is 6.55. The summed E-state index contributed by atoms with van der Waals surface area (Å²) in [5.41, 5.74) is 1.67. The molecule has 0 heterocycles. The maximum atomic E-state index is 2.63. The summed E-state index contributed by atoms with van der Waals surface area (Å²) in [5, 5.41) is 0. The van der Waals surface area contributed by atoms with Gasteiger partial charge >= 0.3 is 0 Å². The molecule has 0 spiro atoms. The zero-order valence-corrected chi connectivity index (χ0v) is 15.3. The Hall–Kier alpha value is 0. The number of fused-ring (bicyclic) bond motifs is 1. The van der Waals surface area contributed by atoms with Crippen LogP contribution in [0.5, 0.6) is 0 Å². The third-order valence-electron chi connectivity index (χ3n) is 7.42. The van der Waals surface area contributed by atoms with Crippen LogP contribution in [0.25, 0.3) is 0 Å². The van der Waals surface area contributed by atoms with Crippen LogP contribution in [0.1, 0.15) is 87.5 Å². The van der Waals surface area contributed by atoms with E-state index in [4.69, 9.17) is 0 Å². The summed E-state index contributed by atoms with van der Waals surface area (Å²) >= 11 is 0. The molecule has 2 aliphatic rings. The molecule has 0 amide bonds. The van der Waals surface area contributed by atoms with Gasteiger partial charge < -0.3 is 0 Å². The van der Waals surface area contributed by atoms with Crippen LogP contribution in [-0.2, 0) is 0 Å². The third-order valence-corrected chi connectivity index (χ3v) is 7.42. The largest absolute Gasteiger partial charge is 0.0651 e. The topological polar surface area (TPSA) is 0 Å². The van der Waals surface area contributed by atoms with Gasteiger partial charge in [0.15, 0.2) is 0 Å². The monoisotopic (exact) mass is 278 g/mol. The lowest BCUT2D eigenvalue weighted by Gasteiger charge is -2.63. The van der Waals surface area contributed by atoms with Crippen LogP contribution in [0.2, 0.25) is 0 Å². The average molecular weight is 279 g/mol. The van der Waals surface area contributed by atoms with Gasteiger partial charge in [-0.05, 0) is 59.2 Å². The van der Waals surface area contributed by atoms with Crippen molar-refractivity contribution in [2.24, 2.45) is 39.9 Å². The van der Waals surface area contributed by atoms with Crippen LogP contribution in [0.15, 0.2) is 0 Å². The highest BCUT2D eigenvalue weighted by atomic mass is 14.6. The minimum atomic E-state index is 0.519. The van der Waals surface area contributed by atoms with Crippen LogP contribution in [0, 0.1) is 39.9 Å². The Balaban J connectivity index is 2.38. The molecule has 0 aromatic carbocycles. The molecule has 0 radical (unpaired) electrons. The Morgan fingerprint density at radius 3 is 2.05 bits per heavy atom. The van der Waals surface area contributed by atoms with Gasteiger partial charge in [0.05, 0.1) is 0 Å². The van der Waals surface area contributed by atoms with Gasteiger partial charge in [0.1, 0.15) is 0 Å². The molecule has 0 N–H and O–H groups in total. The molecule has 0 aromatic heterocycles. The second kappa shape index (κ2) is 5.03. The van der Waals surface area contributed by atoms with Gasteiger partial charge in [-0.1, -0.05) is 68.2 Å². The van der Waals surface area contributed by atoms with Crippen molar-refractivity contribution in [2.45, 2.75) is 87.5 Å². The van der Waals surface area contributed by atoms with Crippen molar-refractivity contribution in [1.82, 2.24) is 0 Å². The minimum absolute atomic E-state index is 0.519. The lowest BCUT2D eigenvalue weighted by Crippen LogP contribution is -2.55. The van der Waals surface area contributed by atoms with E-state index in [1.54, 1.807) is 0 Å². The summed E-state index contributed by atoms with van der Waals surface area (Å²) < 4.78 is 0. The number of hydrogen-bond donors (Lipinski definition) is 0. The van der Waals surface area contributed by atoms with E-state index in [1.807, 2.05) is 0 Å². The van der Waals surface area contributed by atoms with Crippen molar-refractivity contribution in [1.29, 1.82) is 0 Å². The molecule has 0 heteroatoms. The highest BCUT2D eigenvalue weighted by Gasteiger charge is 2.57. The van der Waals surface area contributed by atoms with Gasteiger partial charge in [-0.3, -0.25) is 0 Å². The molecular formula is C20H38. The van der Waals surface area contributed by atoms with Gasteiger partial charge in [-0.2, -0.15) is 0 Å². The SMILES string of the molecule is CCC1C(C)C2C(C)CC(C)(CC)CC2(C)CC1(C)C. The average Bonchev–Trinajstić information content (AvgIpc) is 2.25. The summed E-state index contributed by atoms with van der Waals surface area (Å²) in [5.74, 6) is 3.65. The Kier molecular flexibility index (Phi) is 4.11. The van der Waals surface area contributed by atoms with Crippen molar-refractivity contribution in [3.63, 3.8) is 0 Å². The van der Waals surface area contributed by atoms with Crippen LogP contribution >= 0.6 is 0 Å². The third kappa shape index (κ3) is 2.46. The molecule has 2 aliphatic carbocycles. The van der Waals surface area contributed by atoms with Gasteiger partial charge in [0, 0.05) is 0 Å². The number of rotatable bonds is 2. The van der Waals surface area contributed by atoms with Crippen molar-refractivity contribution in [3.8, 4) is 0 Å². The molecule has 0 bridgehead atoms. The first-order valence-electron chi connectivity index (χ1n) is 9.08. The van der Waals surface area contributed by atoms with Gasteiger partial charge in [0.2, 0.25) is 0 Å². The van der Waals surface area contributed by atoms with E-state index in [9.17, 15) is 0 Å². The Bertz CT molecular complexity index is 355. The van der Waals surface area contributed by atoms with Gasteiger partial charge in [-0.15, -0.1) is 0 Å². The minimum Gasteiger partial charge on any atom is -0.0651 e. The maximum Gasteiger partial charge on any atom is -0.0282 e. The fraction of sp³-hybridized carbons (Fsp3) is 1.00. The van der Waals surface area contributed by atoms with E-state index < -0.39 is 0 Å². The van der Waals surface area contributed by atoms with E-state index in [2.05, 4.69) is 55.4 Å². The molecule has 0 aromatic rings. The summed E-state index contributed by atoms with van der Waals surface area (Å²) in [6.45, 7) is 20.2. The fourth-order valence-corrected chi connectivity index (χ4v) is 7.42. The second-order valence-corrected chi connectivity index (χ2v) is 9.74. The summed E-state index contributed by atoms with van der Waals surface area (Å²) in [6, 6.07) is 0. The van der Waals surface area contributed by atoms with E-state index in [0.29, 0.717) is 16.2 Å². The standard InChI is InChI=1S/C20H38/c1-9-16-15(4)17-14(3)11-19(7,10-2)13-20(17,8)12-18(16,5)6/h14-17H,9-13H2,1-8H3. The molecule has 118 valence electrons. The van der Waals surface area contributed by atoms with Crippen molar-refractivity contribution >= 4 is 0 Å². The summed E-state index contributed by atoms with van der Waals surface area (Å²) in [6.07, 6.45) is 7.05. The number of hydrogen-bond acceptors (Lipinski definition) is 0. The highest BCUT2D eigenvalue weighted by Crippen LogP contribution is 2.65. The predicted molar refractivity (Wildman–Crippen MR) is 89.7 cm³/mol. The molecule has 0 nitrogen and oxygen atoms in total. The Labute approximate surface area is 128 Å². The van der Waals surface area contributed by atoms with Crippen LogP contribution in [-0.4, -0.2) is 0 Å². The smallest absolute Gasteiger partial charge is 0.0282 e. The maximum absolute atomic E-state index is 2.63.